The molecule has 0 radical (unpaired) electrons. The second kappa shape index (κ2) is 9.26. The molecule has 0 aliphatic heterocycles. The van der Waals surface area contributed by atoms with Crippen molar-refractivity contribution < 1.29 is 4.74 Å². The number of aromatic nitrogens is 4. The highest BCUT2D eigenvalue weighted by Crippen LogP contribution is 2.20. The third-order valence-corrected chi connectivity index (χ3v) is 4.85. The lowest BCUT2D eigenvalue weighted by atomic mass is 10.1. The molecule has 0 spiro atoms. The van der Waals surface area contributed by atoms with E-state index in [0.29, 0.717) is 30.3 Å². The molecule has 0 unspecified atom stereocenters. The largest absolute Gasteiger partial charge is 0.383 e. The molecule has 7 heteroatoms. The van der Waals surface area contributed by atoms with Gasteiger partial charge in [0.05, 0.1) is 6.61 Å². The Labute approximate surface area is 156 Å². The van der Waals surface area contributed by atoms with Crippen LogP contribution in [0, 0.1) is 0 Å². The van der Waals surface area contributed by atoms with E-state index in [1.54, 1.807) is 31.3 Å². The fourth-order valence-electron chi connectivity index (χ4n) is 2.47. The number of nitrogens with zero attached hydrogens (tertiary/aromatic N) is 4. The van der Waals surface area contributed by atoms with Gasteiger partial charge in [-0.05, 0) is 11.1 Å². The zero-order valence-corrected chi connectivity index (χ0v) is 15.4. The highest BCUT2D eigenvalue weighted by molar-refractivity contribution is 7.98. The van der Waals surface area contributed by atoms with E-state index in [9.17, 15) is 4.79 Å². The van der Waals surface area contributed by atoms with E-state index in [-0.39, 0.29) is 5.56 Å². The first-order chi connectivity index (χ1) is 12.8. The number of hydrogen-bond acceptors (Lipinski definition) is 6. The second-order valence-corrected chi connectivity index (χ2v) is 6.68. The molecule has 0 atom stereocenters. The van der Waals surface area contributed by atoms with E-state index < -0.39 is 0 Å². The first-order valence-electron chi connectivity index (χ1n) is 8.26. The van der Waals surface area contributed by atoms with Crippen molar-refractivity contribution in [1.82, 2.24) is 19.5 Å². The van der Waals surface area contributed by atoms with Crippen LogP contribution >= 0.6 is 11.8 Å². The van der Waals surface area contributed by atoms with Gasteiger partial charge in [-0.15, -0.1) is 0 Å². The second-order valence-electron chi connectivity index (χ2n) is 5.74. The molecular formula is C19H20N4O2S. The van der Waals surface area contributed by atoms with Gasteiger partial charge in [0.1, 0.15) is 6.33 Å². The van der Waals surface area contributed by atoms with Crippen LogP contribution in [0.4, 0.5) is 0 Å². The van der Waals surface area contributed by atoms with Gasteiger partial charge in [-0.25, -0.2) is 9.97 Å². The van der Waals surface area contributed by atoms with Crippen molar-refractivity contribution in [3.8, 4) is 0 Å². The highest BCUT2D eigenvalue weighted by Gasteiger charge is 2.10. The Morgan fingerprint density at radius 1 is 1.12 bits per heavy atom. The smallest absolute Gasteiger partial charge is 0.277 e. The number of benzene rings is 1. The van der Waals surface area contributed by atoms with E-state index in [2.05, 4.69) is 27.1 Å². The van der Waals surface area contributed by atoms with Crippen LogP contribution < -0.4 is 5.56 Å². The van der Waals surface area contributed by atoms with Crippen LogP contribution in [0.1, 0.15) is 16.7 Å². The number of thioether (sulfide) groups is 1. The van der Waals surface area contributed by atoms with E-state index in [4.69, 9.17) is 4.74 Å². The number of hydrogen-bond donors (Lipinski definition) is 0. The summed E-state index contributed by atoms with van der Waals surface area (Å²) in [4.78, 5) is 24.8. The molecule has 2 aromatic heterocycles. The molecule has 0 saturated heterocycles. The lowest BCUT2D eigenvalue weighted by Gasteiger charge is -2.13. The van der Waals surface area contributed by atoms with Crippen molar-refractivity contribution >= 4 is 11.8 Å². The molecule has 0 amide bonds. The zero-order chi connectivity index (χ0) is 18.2. The van der Waals surface area contributed by atoms with Crippen molar-refractivity contribution in [2.45, 2.75) is 23.9 Å². The van der Waals surface area contributed by atoms with E-state index >= 15 is 0 Å². The zero-order valence-electron chi connectivity index (χ0n) is 14.5. The van der Waals surface area contributed by atoms with Crippen LogP contribution in [0.2, 0.25) is 0 Å². The summed E-state index contributed by atoms with van der Waals surface area (Å²) in [6.45, 7) is 1.19. The van der Waals surface area contributed by atoms with Gasteiger partial charge in [0.25, 0.3) is 5.56 Å². The summed E-state index contributed by atoms with van der Waals surface area (Å²) >= 11 is 1.55. The topological polar surface area (TPSA) is 69.9 Å². The lowest BCUT2D eigenvalue weighted by molar-refractivity contribution is 0.184. The quantitative estimate of drug-likeness (QED) is 0.450. The van der Waals surface area contributed by atoms with E-state index in [1.165, 1.54) is 11.9 Å². The maximum Gasteiger partial charge on any atom is 0.277 e. The van der Waals surface area contributed by atoms with Crippen molar-refractivity contribution in [3.05, 3.63) is 82.3 Å². The first-order valence-corrected chi connectivity index (χ1v) is 9.24. The van der Waals surface area contributed by atoms with Crippen LogP contribution in [0.5, 0.6) is 0 Å². The summed E-state index contributed by atoms with van der Waals surface area (Å²) in [5, 5.41) is 0.698. The maximum absolute atomic E-state index is 12.5. The molecular weight excluding hydrogens is 348 g/mol. The highest BCUT2D eigenvalue weighted by atomic mass is 32.2. The van der Waals surface area contributed by atoms with Crippen LogP contribution in [0.3, 0.4) is 0 Å². The van der Waals surface area contributed by atoms with Gasteiger partial charge in [-0.2, -0.15) is 4.98 Å². The molecule has 0 bridgehead atoms. The van der Waals surface area contributed by atoms with Gasteiger partial charge in [0.15, 0.2) is 5.16 Å². The molecule has 2 heterocycles. The summed E-state index contributed by atoms with van der Waals surface area (Å²) < 4.78 is 7.18. The third kappa shape index (κ3) is 5.00. The van der Waals surface area contributed by atoms with Gasteiger partial charge in [0.2, 0.25) is 0 Å². The molecule has 3 aromatic rings. The minimum atomic E-state index is -0.210. The summed E-state index contributed by atoms with van der Waals surface area (Å²) in [7, 11) is 1.66. The predicted octanol–water partition coefficient (Wildman–Crippen LogP) is 2.56. The molecule has 3 rings (SSSR count). The maximum atomic E-state index is 12.5. The summed E-state index contributed by atoms with van der Waals surface area (Å²) in [6, 6.07) is 10.1. The molecule has 6 nitrogen and oxygen atoms in total. The van der Waals surface area contributed by atoms with Crippen molar-refractivity contribution in [3.63, 3.8) is 0 Å². The number of rotatable bonds is 8. The van der Waals surface area contributed by atoms with Gasteiger partial charge in [-0.1, -0.05) is 42.1 Å². The van der Waals surface area contributed by atoms with Gasteiger partial charge < -0.3 is 9.30 Å². The normalized spacial score (nSPS) is 10.8. The SMILES string of the molecule is COCCn1cc(Cc2cncnc2)c(=O)nc1SCc1ccccc1. The average molecular weight is 368 g/mol. The summed E-state index contributed by atoms with van der Waals surface area (Å²) in [5.41, 5.74) is 2.49. The van der Waals surface area contributed by atoms with Crippen molar-refractivity contribution in [2.24, 2.45) is 0 Å². The van der Waals surface area contributed by atoms with Gasteiger partial charge >= 0.3 is 0 Å². The fourth-order valence-corrected chi connectivity index (χ4v) is 3.42. The molecule has 0 aliphatic carbocycles. The molecule has 134 valence electrons. The molecule has 0 N–H and O–H groups in total. The Balaban J connectivity index is 1.83. The first kappa shape index (κ1) is 18.3. The average Bonchev–Trinajstić information content (AvgIpc) is 2.68. The Morgan fingerprint density at radius 3 is 2.62 bits per heavy atom. The molecule has 1 aromatic carbocycles. The Bertz CT molecular complexity index is 885. The lowest BCUT2D eigenvalue weighted by Crippen LogP contribution is -2.21. The summed E-state index contributed by atoms with van der Waals surface area (Å²) in [5.74, 6) is 0.756. The minimum absolute atomic E-state index is 0.210. The monoisotopic (exact) mass is 368 g/mol. The standard InChI is InChI=1S/C19H20N4O2S/c1-25-8-7-23-12-17(9-16-10-20-14-21-11-16)18(24)22-19(23)26-13-15-5-3-2-4-6-15/h2-6,10-12,14H,7-9,13H2,1H3. The Kier molecular flexibility index (Phi) is 6.51. The van der Waals surface area contributed by atoms with Crippen LogP contribution in [-0.2, 0) is 23.5 Å². The Morgan fingerprint density at radius 2 is 1.88 bits per heavy atom. The van der Waals surface area contributed by atoms with E-state index in [1.807, 2.05) is 29.0 Å². The van der Waals surface area contributed by atoms with Crippen molar-refractivity contribution in [1.29, 1.82) is 0 Å². The third-order valence-electron chi connectivity index (χ3n) is 3.78. The van der Waals surface area contributed by atoms with Gasteiger partial charge in [0, 0.05) is 50.0 Å². The molecule has 0 fully saturated rings. The fraction of sp³-hybridized carbons (Fsp3) is 0.263. The number of methoxy groups -OCH3 is 1. The summed E-state index contributed by atoms with van der Waals surface area (Å²) in [6.07, 6.45) is 7.23. The number of ether oxygens (including phenoxy) is 1. The molecule has 26 heavy (non-hydrogen) atoms. The van der Waals surface area contributed by atoms with Crippen molar-refractivity contribution in [2.75, 3.05) is 13.7 Å². The van der Waals surface area contributed by atoms with Crippen LogP contribution in [0.25, 0.3) is 0 Å². The van der Waals surface area contributed by atoms with Crippen LogP contribution in [0.15, 0.2) is 65.2 Å². The van der Waals surface area contributed by atoms with Crippen LogP contribution in [-0.4, -0.2) is 33.2 Å². The predicted molar refractivity (Wildman–Crippen MR) is 101 cm³/mol. The molecule has 0 aliphatic rings. The molecule has 0 saturated carbocycles. The Hall–Kier alpha value is -2.51. The van der Waals surface area contributed by atoms with Gasteiger partial charge in [-0.3, -0.25) is 4.79 Å². The van der Waals surface area contributed by atoms with E-state index in [0.717, 1.165) is 11.3 Å². The minimum Gasteiger partial charge on any atom is -0.383 e.